The van der Waals surface area contributed by atoms with E-state index in [0.717, 1.165) is 11.1 Å². The summed E-state index contributed by atoms with van der Waals surface area (Å²) in [6.45, 7) is 3.21. The van der Waals surface area contributed by atoms with Crippen LogP contribution in [0.4, 0.5) is 11.4 Å². The molecule has 5 nitrogen and oxygen atoms in total. The molecule has 0 saturated heterocycles. The number of hydrogen-bond acceptors (Lipinski definition) is 5. The Morgan fingerprint density at radius 1 is 0.857 bits per heavy atom. The quantitative estimate of drug-likeness (QED) is 0.558. The van der Waals surface area contributed by atoms with Gasteiger partial charge in [-0.05, 0) is 42.3 Å². The maximum absolute atomic E-state index is 5.85. The zero-order valence-electron chi connectivity index (χ0n) is 12.1. The van der Waals surface area contributed by atoms with Crippen LogP contribution >= 0.6 is 0 Å². The van der Waals surface area contributed by atoms with E-state index in [1.165, 1.54) is 0 Å². The molecule has 5 heteroatoms. The molecule has 0 spiro atoms. The summed E-state index contributed by atoms with van der Waals surface area (Å²) in [6.07, 6.45) is 0. The van der Waals surface area contributed by atoms with Gasteiger partial charge in [-0.15, -0.1) is 0 Å². The molecule has 0 unspecified atom stereocenters. The minimum absolute atomic E-state index is 0.381. The van der Waals surface area contributed by atoms with E-state index in [9.17, 15) is 0 Å². The van der Waals surface area contributed by atoms with Gasteiger partial charge in [-0.25, -0.2) is 0 Å². The molecule has 0 aliphatic carbocycles. The van der Waals surface area contributed by atoms with Gasteiger partial charge in [-0.3, -0.25) is 0 Å². The van der Waals surface area contributed by atoms with Gasteiger partial charge in [0.25, 0.3) is 0 Å². The van der Waals surface area contributed by atoms with Gasteiger partial charge in [0.05, 0.1) is 11.4 Å². The van der Waals surface area contributed by atoms with E-state index in [1.807, 2.05) is 37.3 Å². The standard InChI is InChI=1S/C16H21N3O2/c1-11-2-4-13(18)15(8-11)20-6-7-21-16-9-12(10-17)3-5-14(16)19/h2-5,8-9H,6-7,10,17-19H2,1H3. The van der Waals surface area contributed by atoms with Crippen LogP contribution in [0.15, 0.2) is 36.4 Å². The molecule has 2 rings (SSSR count). The highest BCUT2D eigenvalue weighted by atomic mass is 16.5. The van der Waals surface area contributed by atoms with E-state index in [4.69, 9.17) is 26.7 Å². The largest absolute Gasteiger partial charge is 0.488 e. The number of rotatable bonds is 6. The fourth-order valence-corrected chi connectivity index (χ4v) is 1.90. The van der Waals surface area contributed by atoms with Crippen molar-refractivity contribution in [2.75, 3.05) is 24.7 Å². The van der Waals surface area contributed by atoms with Crippen molar-refractivity contribution in [3.8, 4) is 11.5 Å². The first-order chi connectivity index (χ1) is 10.1. The molecular formula is C16H21N3O2. The molecule has 0 saturated carbocycles. The molecule has 112 valence electrons. The second kappa shape index (κ2) is 6.85. The Kier molecular flexibility index (Phi) is 4.90. The third-order valence-electron chi connectivity index (χ3n) is 3.08. The number of hydrogen-bond donors (Lipinski definition) is 3. The highest BCUT2D eigenvalue weighted by Crippen LogP contribution is 2.24. The Morgan fingerprint density at radius 2 is 1.43 bits per heavy atom. The summed E-state index contributed by atoms with van der Waals surface area (Å²) in [4.78, 5) is 0. The number of nitrogen functional groups attached to an aromatic ring is 2. The molecule has 0 aromatic heterocycles. The Hall–Kier alpha value is -2.40. The first kappa shape index (κ1) is 15.0. The molecule has 6 N–H and O–H groups in total. The number of aryl methyl sites for hydroxylation is 1. The van der Waals surface area contributed by atoms with Crippen LogP contribution in [0, 0.1) is 6.92 Å². The van der Waals surface area contributed by atoms with E-state index in [2.05, 4.69) is 0 Å². The van der Waals surface area contributed by atoms with Crippen molar-refractivity contribution in [1.82, 2.24) is 0 Å². The number of anilines is 2. The minimum atomic E-state index is 0.381. The van der Waals surface area contributed by atoms with Crippen molar-refractivity contribution in [3.63, 3.8) is 0 Å². The summed E-state index contributed by atoms with van der Waals surface area (Å²) < 4.78 is 11.2. The van der Waals surface area contributed by atoms with Crippen LogP contribution in [0.3, 0.4) is 0 Å². The Morgan fingerprint density at radius 3 is 2.05 bits per heavy atom. The molecule has 2 aromatic carbocycles. The van der Waals surface area contributed by atoms with Crippen molar-refractivity contribution in [1.29, 1.82) is 0 Å². The third kappa shape index (κ3) is 4.03. The lowest BCUT2D eigenvalue weighted by atomic mass is 10.2. The molecule has 21 heavy (non-hydrogen) atoms. The van der Waals surface area contributed by atoms with Gasteiger partial charge in [0.1, 0.15) is 24.7 Å². The predicted octanol–water partition coefficient (Wildman–Crippen LogP) is 2.08. The zero-order valence-corrected chi connectivity index (χ0v) is 12.1. The maximum atomic E-state index is 5.85. The van der Waals surface area contributed by atoms with Crippen LogP contribution in [-0.2, 0) is 6.54 Å². The average molecular weight is 287 g/mol. The minimum Gasteiger partial charge on any atom is -0.488 e. The molecule has 0 heterocycles. The van der Waals surface area contributed by atoms with Gasteiger partial charge in [0, 0.05) is 6.54 Å². The first-order valence-electron chi connectivity index (χ1n) is 6.80. The highest BCUT2D eigenvalue weighted by Gasteiger charge is 2.03. The van der Waals surface area contributed by atoms with Crippen molar-refractivity contribution < 1.29 is 9.47 Å². The van der Waals surface area contributed by atoms with Gasteiger partial charge in [-0.2, -0.15) is 0 Å². The fraction of sp³-hybridized carbons (Fsp3) is 0.250. The zero-order chi connectivity index (χ0) is 15.2. The van der Waals surface area contributed by atoms with Gasteiger partial charge in [0.2, 0.25) is 0 Å². The topological polar surface area (TPSA) is 96.5 Å². The third-order valence-corrected chi connectivity index (χ3v) is 3.08. The van der Waals surface area contributed by atoms with Gasteiger partial charge in [-0.1, -0.05) is 12.1 Å². The molecule has 0 aliphatic heterocycles. The Bertz CT molecular complexity index is 614. The average Bonchev–Trinajstić information content (AvgIpc) is 2.48. The van der Waals surface area contributed by atoms with Crippen molar-refractivity contribution in [3.05, 3.63) is 47.5 Å². The van der Waals surface area contributed by atoms with Crippen LogP contribution < -0.4 is 26.7 Å². The first-order valence-corrected chi connectivity index (χ1v) is 6.80. The molecule has 0 radical (unpaired) electrons. The lowest BCUT2D eigenvalue weighted by Gasteiger charge is -2.12. The van der Waals surface area contributed by atoms with E-state index >= 15 is 0 Å². The lowest BCUT2D eigenvalue weighted by molar-refractivity contribution is 0.218. The van der Waals surface area contributed by atoms with Gasteiger partial charge < -0.3 is 26.7 Å². The van der Waals surface area contributed by atoms with Crippen molar-refractivity contribution in [2.24, 2.45) is 5.73 Å². The molecule has 0 aliphatic rings. The summed E-state index contributed by atoms with van der Waals surface area (Å²) in [7, 11) is 0. The monoisotopic (exact) mass is 287 g/mol. The summed E-state index contributed by atoms with van der Waals surface area (Å²) in [6, 6.07) is 11.2. The van der Waals surface area contributed by atoms with Crippen LogP contribution in [-0.4, -0.2) is 13.2 Å². The number of benzene rings is 2. The highest BCUT2D eigenvalue weighted by molar-refractivity contribution is 5.54. The molecule has 0 atom stereocenters. The molecule has 0 amide bonds. The van der Waals surface area contributed by atoms with Crippen LogP contribution in [0.25, 0.3) is 0 Å². The lowest BCUT2D eigenvalue weighted by Crippen LogP contribution is -2.11. The second-order valence-corrected chi connectivity index (χ2v) is 4.81. The number of nitrogens with two attached hydrogens (primary N) is 3. The van der Waals surface area contributed by atoms with Gasteiger partial charge in [0.15, 0.2) is 0 Å². The smallest absolute Gasteiger partial charge is 0.142 e. The van der Waals surface area contributed by atoms with Crippen molar-refractivity contribution in [2.45, 2.75) is 13.5 Å². The van der Waals surface area contributed by atoms with E-state index in [-0.39, 0.29) is 0 Å². The summed E-state index contributed by atoms with van der Waals surface area (Å²) in [5, 5.41) is 0. The van der Waals surface area contributed by atoms with Crippen LogP contribution in [0.1, 0.15) is 11.1 Å². The van der Waals surface area contributed by atoms with E-state index in [1.54, 1.807) is 6.07 Å². The van der Waals surface area contributed by atoms with E-state index < -0.39 is 0 Å². The Balaban J connectivity index is 1.88. The Labute approximate surface area is 124 Å². The predicted molar refractivity (Wildman–Crippen MR) is 85.3 cm³/mol. The van der Waals surface area contributed by atoms with Crippen LogP contribution in [0.5, 0.6) is 11.5 Å². The summed E-state index contributed by atoms with van der Waals surface area (Å²) >= 11 is 0. The molecular weight excluding hydrogens is 266 g/mol. The number of ether oxygens (including phenoxy) is 2. The van der Waals surface area contributed by atoms with Crippen LogP contribution in [0.2, 0.25) is 0 Å². The normalized spacial score (nSPS) is 10.4. The SMILES string of the molecule is Cc1ccc(N)c(OCCOc2cc(CN)ccc2N)c1. The molecule has 0 bridgehead atoms. The van der Waals surface area contributed by atoms with Gasteiger partial charge >= 0.3 is 0 Å². The second-order valence-electron chi connectivity index (χ2n) is 4.81. The molecule has 2 aromatic rings. The van der Waals surface area contributed by atoms with Crippen molar-refractivity contribution >= 4 is 11.4 Å². The summed E-state index contributed by atoms with van der Waals surface area (Å²) in [5.74, 6) is 1.29. The summed E-state index contributed by atoms with van der Waals surface area (Å²) in [5.41, 5.74) is 20.6. The molecule has 0 fully saturated rings. The fourth-order valence-electron chi connectivity index (χ4n) is 1.90. The van der Waals surface area contributed by atoms with E-state index in [0.29, 0.717) is 42.6 Å². The maximum Gasteiger partial charge on any atom is 0.142 e.